The lowest BCUT2D eigenvalue weighted by atomic mass is 10.3. The molecule has 2 aromatic carbocycles. The summed E-state index contributed by atoms with van der Waals surface area (Å²) in [5.74, 6) is 1.11. The molecule has 0 fully saturated rings. The molecular formula is C16H13NO6S. The maximum Gasteiger partial charge on any atom is 0.324 e. The smallest absolute Gasteiger partial charge is 0.324 e. The van der Waals surface area contributed by atoms with E-state index in [-0.39, 0.29) is 12.5 Å². The summed E-state index contributed by atoms with van der Waals surface area (Å²) in [6.45, 7) is 1.86. The number of ether oxygens (including phenoxy) is 3. The normalized spacial score (nSPS) is 13.4. The summed E-state index contributed by atoms with van der Waals surface area (Å²) >= 11 is 1.26. The molecule has 0 amide bonds. The van der Waals surface area contributed by atoms with Crippen LogP contribution in [-0.2, 0) is 4.79 Å². The Labute approximate surface area is 141 Å². The molecule has 0 radical (unpaired) electrons. The van der Waals surface area contributed by atoms with Gasteiger partial charge in [-0.15, -0.1) is 11.8 Å². The Morgan fingerprint density at radius 2 is 1.92 bits per heavy atom. The first kappa shape index (κ1) is 16.1. The van der Waals surface area contributed by atoms with Crippen LogP contribution >= 0.6 is 11.8 Å². The molecule has 0 aliphatic carbocycles. The molecule has 24 heavy (non-hydrogen) atoms. The molecule has 0 N–H and O–H groups in total. The first-order valence-corrected chi connectivity index (χ1v) is 7.93. The third-order valence-corrected chi connectivity index (χ3v) is 4.35. The number of esters is 1. The molecular weight excluding hydrogens is 334 g/mol. The Morgan fingerprint density at radius 1 is 1.21 bits per heavy atom. The number of nitro groups is 1. The van der Waals surface area contributed by atoms with Crippen LogP contribution in [0.2, 0.25) is 0 Å². The van der Waals surface area contributed by atoms with Gasteiger partial charge in [-0.1, -0.05) is 0 Å². The fourth-order valence-corrected chi connectivity index (χ4v) is 2.88. The third kappa shape index (κ3) is 3.60. The molecule has 2 aromatic rings. The van der Waals surface area contributed by atoms with E-state index in [0.717, 1.165) is 4.90 Å². The van der Waals surface area contributed by atoms with Crippen molar-refractivity contribution < 1.29 is 23.9 Å². The second kappa shape index (κ2) is 6.79. The quantitative estimate of drug-likeness (QED) is 0.269. The first-order valence-electron chi connectivity index (χ1n) is 7.05. The van der Waals surface area contributed by atoms with Gasteiger partial charge < -0.3 is 14.2 Å². The zero-order chi connectivity index (χ0) is 17.1. The zero-order valence-corrected chi connectivity index (χ0v) is 13.4. The van der Waals surface area contributed by atoms with Gasteiger partial charge in [0, 0.05) is 23.1 Å². The van der Waals surface area contributed by atoms with E-state index >= 15 is 0 Å². The minimum atomic E-state index is -0.475. The molecule has 0 saturated heterocycles. The van der Waals surface area contributed by atoms with Crippen LogP contribution in [0.1, 0.15) is 6.92 Å². The monoisotopic (exact) mass is 347 g/mol. The average Bonchev–Trinajstić information content (AvgIpc) is 3.03. The van der Waals surface area contributed by atoms with E-state index in [1.165, 1.54) is 23.9 Å². The number of carbonyl (C=O) groups excluding carboxylic acids is 1. The summed E-state index contributed by atoms with van der Waals surface area (Å²) in [6.07, 6.45) is 0. The number of carbonyl (C=O) groups is 1. The number of non-ortho nitro benzene ring substituents is 1. The molecule has 1 aliphatic heterocycles. The molecule has 1 aliphatic rings. The predicted molar refractivity (Wildman–Crippen MR) is 86.6 cm³/mol. The minimum Gasteiger partial charge on any atom is -0.454 e. The average molecular weight is 347 g/mol. The second-order valence-corrected chi connectivity index (χ2v) is 6.36. The fourth-order valence-electron chi connectivity index (χ4n) is 2.04. The molecule has 124 valence electrons. The van der Waals surface area contributed by atoms with Crippen molar-refractivity contribution >= 4 is 23.4 Å². The molecule has 7 nitrogen and oxygen atoms in total. The van der Waals surface area contributed by atoms with E-state index in [1.807, 2.05) is 0 Å². The summed E-state index contributed by atoms with van der Waals surface area (Å²) in [5.41, 5.74) is 0.00920. The molecule has 0 bridgehead atoms. The number of rotatable bonds is 5. The number of hydrogen-bond acceptors (Lipinski definition) is 7. The standard InChI is InChI=1S/C16H13NO6S/c1-10(24-13-5-2-11(3-6-13)17(19)20)16(18)23-12-4-7-14-15(8-12)22-9-21-14/h2-8,10H,9H2,1H3. The molecule has 3 rings (SSSR count). The fraction of sp³-hybridized carbons (Fsp3) is 0.188. The Bertz CT molecular complexity index is 777. The summed E-state index contributed by atoms with van der Waals surface area (Å²) < 4.78 is 15.8. The van der Waals surface area contributed by atoms with Gasteiger partial charge in [0.05, 0.1) is 4.92 Å². The van der Waals surface area contributed by atoms with E-state index in [9.17, 15) is 14.9 Å². The van der Waals surface area contributed by atoms with Gasteiger partial charge in [-0.05, 0) is 31.2 Å². The van der Waals surface area contributed by atoms with E-state index in [2.05, 4.69) is 0 Å². The van der Waals surface area contributed by atoms with Gasteiger partial charge in [0.2, 0.25) is 6.79 Å². The lowest BCUT2D eigenvalue weighted by Crippen LogP contribution is -2.19. The highest BCUT2D eigenvalue weighted by Crippen LogP contribution is 2.35. The highest BCUT2D eigenvalue weighted by Gasteiger charge is 2.20. The van der Waals surface area contributed by atoms with Gasteiger partial charge in [0.25, 0.3) is 5.69 Å². The molecule has 0 saturated carbocycles. The van der Waals surface area contributed by atoms with Crippen LogP contribution in [0.15, 0.2) is 47.4 Å². The Hall–Kier alpha value is -2.74. The van der Waals surface area contributed by atoms with Gasteiger partial charge in [0.1, 0.15) is 11.0 Å². The van der Waals surface area contributed by atoms with Crippen molar-refractivity contribution in [3.05, 3.63) is 52.6 Å². The van der Waals surface area contributed by atoms with Crippen LogP contribution in [0.3, 0.4) is 0 Å². The van der Waals surface area contributed by atoms with Gasteiger partial charge in [-0.3, -0.25) is 14.9 Å². The number of nitrogens with zero attached hydrogens (tertiary/aromatic N) is 1. The number of thioether (sulfide) groups is 1. The van der Waals surface area contributed by atoms with Crippen LogP contribution in [-0.4, -0.2) is 22.9 Å². The number of hydrogen-bond donors (Lipinski definition) is 0. The Morgan fingerprint density at radius 3 is 2.62 bits per heavy atom. The van der Waals surface area contributed by atoms with Gasteiger partial charge in [0.15, 0.2) is 11.5 Å². The van der Waals surface area contributed by atoms with E-state index < -0.39 is 16.1 Å². The molecule has 1 unspecified atom stereocenters. The molecule has 0 spiro atoms. The highest BCUT2D eigenvalue weighted by molar-refractivity contribution is 8.00. The van der Waals surface area contributed by atoms with Crippen molar-refractivity contribution in [1.29, 1.82) is 0 Å². The van der Waals surface area contributed by atoms with Crippen molar-refractivity contribution in [3.8, 4) is 17.2 Å². The van der Waals surface area contributed by atoms with E-state index in [0.29, 0.717) is 17.2 Å². The van der Waals surface area contributed by atoms with Crippen LogP contribution < -0.4 is 14.2 Å². The topological polar surface area (TPSA) is 87.9 Å². The minimum absolute atomic E-state index is 0.00920. The summed E-state index contributed by atoms with van der Waals surface area (Å²) in [5, 5.41) is 10.2. The van der Waals surface area contributed by atoms with E-state index in [4.69, 9.17) is 14.2 Å². The SMILES string of the molecule is CC(Sc1ccc([N+](=O)[O-])cc1)C(=O)Oc1ccc2c(c1)OCO2. The Kier molecular flexibility index (Phi) is 4.57. The van der Waals surface area contributed by atoms with E-state index in [1.54, 1.807) is 37.3 Å². The maximum absolute atomic E-state index is 12.2. The highest BCUT2D eigenvalue weighted by atomic mass is 32.2. The van der Waals surface area contributed by atoms with Crippen molar-refractivity contribution in [2.75, 3.05) is 6.79 Å². The van der Waals surface area contributed by atoms with Crippen LogP contribution in [0.5, 0.6) is 17.2 Å². The summed E-state index contributed by atoms with van der Waals surface area (Å²) in [6, 6.07) is 10.9. The molecule has 1 atom stereocenters. The lowest BCUT2D eigenvalue weighted by molar-refractivity contribution is -0.384. The molecule has 8 heteroatoms. The van der Waals surface area contributed by atoms with Crippen LogP contribution in [0.4, 0.5) is 5.69 Å². The first-order chi connectivity index (χ1) is 11.5. The molecule has 1 heterocycles. The lowest BCUT2D eigenvalue weighted by Gasteiger charge is -2.11. The van der Waals surface area contributed by atoms with Crippen molar-refractivity contribution in [2.24, 2.45) is 0 Å². The molecule has 0 aromatic heterocycles. The predicted octanol–water partition coefficient (Wildman–Crippen LogP) is 3.41. The van der Waals surface area contributed by atoms with Crippen molar-refractivity contribution in [1.82, 2.24) is 0 Å². The second-order valence-electron chi connectivity index (χ2n) is 4.95. The maximum atomic E-state index is 12.2. The van der Waals surface area contributed by atoms with Crippen LogP contribution in [0.25, 0.3) is 0 Å². The van der Waals surface area contributed by atoms with Gasteiger partial charge in [-0.25, -0.2) is 0 Å². The largest absolute Gasteiger partial charge is 0.454 e. The van der Waals surface area contributed by atoms with Gasteiger partial charge in [-0.2, -0.15) is 0 Å². The number of nitro benzene ring substituents is 1. The van der Waals surface area contributed by atoms with Crippen LogP contribution in [0, 0.1) is 10.1 Å². The Balaban J connectivity index is 1.61. The third-order valence-electron chi connectivity index (χ3n) is 3.25. The summed E-state index contributed by atoms with van der Waals surface area (Å²) in [7, 11) is 0. The van der Waals surface area contributed by atoms with Gasteiger partial charge >= 0.3 is 5.97 Å². The summed E-state index contributed by atoms with van der Waals surface area (Å²) in [4.78, 5) is 23.1. The zero-order valence-electron chi connectivity index (χ0n) is 12.6. The van der Waals surface area contributed by atoms with Crippen molar-refractivity contribution in [2.45, 2.75) is 17.1 Å². The number of benzene rings is 2. The number of fused-ring (bicyclic) bond motifs is 1. The van der Waals surface area contributed by atoms with Crippen molar-refractivity contribution in [3.63, 3.8) is 0 Å².